The molecule has 0 spiro atoms. The zero-order valence-electron chi connectivity index (χ0n) is 22.4. The number of nitrogens with zero attached hydrogens (tertiary/aromatic N) is 6. The molecule has 1 aliphatic rings. The molecule has 1 aromatic rings. The summed E-state index contributed by atoms with van der Waals surface area (Å²) in [6.45, 7) is 18.8. The predicted molar refractivity (Wildman–Crippen MR) is 136 cm³/mol. The lowest BCUT2D eigenvalue weighted by atomic mass is 9.79. The molecular formula is C24H47N7O2. The van der Waals surface area contributed by atoms with Crippen molar-refractivity contribution in [3.8, 4) is 0 Å². The molecule has 0 bridgehead atoms. The van der Waals surface area contributed by atoms with Crippen molar-refractivity contribution < 1.29 is 9.47 Å². The molecule has 9 nitrogen and oxygen atoms in total. The minimum Gasteiger partial charge on any atom is -0.364 e. The van der Waals surface area contributed by atoms with Crippen LogP contribution in [0.2, 0.25) is 0 Å². The van der Waals surface area contributed by atoms with Gasteiger partial charge in [-0.3, -0.25) is 0 Å². The second-order valence-electron chi connectivity index (χ2n) is 10.3. The van der Waals surface area contributed by atoms with E-state index in [1.54, 1.807) is 14.2 Å². The van der Waals surface area contributed by atoms with Crippen LogP contribution in [-0.4, -0.2) is 79.4 Å². The zero-order valence-corrected chi connectivity index (χ0v) is 22.4. The lowest BCUT2D eigenvalue weighted by Gasteiger charge is -2.49. The smallest absolute Gasteiger partial charge is 0.233 e. The maximum Gasteiger partial charge on any atom is 0.233 e. The first kappa shape index (κ1) is 27.5. The van der Waals surface area contributed by atoms with E-state index in [0.717, 1.165) is 51.3 Å². The van der Waals surface area contributed by atoms with Gasteiger partial charge in [0.05, 0.1) is 0 Å². The Hall–Kier alpha value is -1.71. The lowest BCUT2D eigenvalue weighted by molar-refractivity contribution is 0.157. The highest BCUT2D eigenvalue weighted by atomic mass is 16.5. The van der Waals surface area contributed by atoms with Crippen LogP contribution in [0.3, 0.4) is 0 Å². The minimum atomic E-state index is 0.0343. The maximum absolute atomic E-state index is 5.42. The molecule has 1 fully saturated rings. The van der Waals surface area contributed by atoms with Crippen LogP contribution in [0.1, 0.15) is 74.1 Å². The fourth-order valence-electron chi connectivity index (χ4n) is 4.91. The number of nitrogens with one attached hydrogen (secondary N) is 1. The van der Waals surface area contributed by atoms with Crippen LogP contribution in [0, 0.1) is 0 Å². The molecule has 0 aromatic carbocycles. The van der Waals surface area contributed by atoms with E-state index in [-0.39, 0.29) is 11.1 Å². The minimum absolute atomic E-state index is 0.0343. The highest BCUT2D eigenvalue weighted by Crippen LogP contribution is 2.34. The number of rotatable bonds is 13. The number of ether oxygens (including phenoxy) is 2. The summed E-state index contributed by atoms with van der Waals surface area (Å²) in [6, 6.07) is 0.334. The summed E-state index contributed by atoms with van der Waals surface area (Å²) in [4.78, 5) is 21.3. The number of piperidine rings is 1. The van der Waals surface area contributed by atoms with Gasteiger partial charge in [0.15, 0.2) is 0 Å². The molecule has 1 saturated heterocycles. The Kier molecular flexibility index (Phi) is 10.1. The first-order valence-electron chi connectivity index (χ1n) is 12.4. The summed E-state index contributed by atoms with van der Waals surface area (Å²) in [5, 5.41) is 3.81. The van der Waals surface area contributed by atoms with Crippen molar-refractivity contribution in [3.05, 3.63) is 0 Å². The maximum atomic E-state index is 5.42. The number of methoxy groups -OCH3 is 2. The Bertz CT molecular complexity index is 681. The second kappa shape index (κ2) is 12.1. The van der Waals surface area contributed by atoms with Gasteiger partial charge in [-0.15, -0.1) is 0 Å². The highest BCUT2D eigenvalue weighted by Gasteiger charge is 2.40. The van der Waals surface area contributed by atoms with Crippen LogP contribution >= 0.6 is 0 Å². The molecule has 0 amide bonds. The molecular weight excluding hydrogens is 418 g/mol. The van der Waals surface area contributed by atoms with E-state index in [1.807, 2.05) is 9.80 Å². The van der Waals surface area contributed by atoms with Crippen molar-refractivity contribution in [2.75, 3.05) is 62.0 Å². The molecule has 1 N–H and O–H groups in total. The molecule has 0 unspecified atom stereocenters. The van der Waals surface area contributed by atoms with E-state index in [1.165, 1.54) is 0 Å². The van der Waals surface area contributed by atoms with Crippen molar-refractivity contribution in [1.29, 1.82) is 0 Å². The fourth-order valence-corrected chi connectivity index (χ4v) is 4.91. The van der Waals surface area contributed by atoms with Gasteiger partial charge in [-0.05, 0) is 60.8 Å². The van der Waals surface area contributed by atoms with Gasteiger partial charge in [0.1, 0.15) is 13.5 Å². The molecule has 33 heavy (non-hydrogen) atoms. The van der Waals surface area contributed by atoms with E-state index in [9.17, 15) is 0 Å². The van der Waals surface area contributed by atoms with Gasteiger partial charge in [0.25, 0.3) is 0 Å². The predicted octanol–water partition coefficient (Wildman–Crippen LogP) is 3.65. The van der Waals surface area contributed by atoms with Gasteiger partial charge >= 0.3 is 0 Å². The van der Waals surface area contributed by atoms with E-state index < -0.39 is 0 Å². The third-order valence-corrected chi connectivity index (χ3v) is 6.12. The molecule has 9 heteroatoms. The molecule has 0 radical (unpaired) electrons. The summed E-state index contributed by atoms with van der Waals surface area (Å²) in [6.07, 6.45) is 4.27. The highest BCUT2D eigenvalue weighted by molar-refractivity contribution is 5.47. The number of hydrogen-bond acceptors (Lipinski definition) is 9. The van der Waals surface area contributed by atoms with E-state index in [4.69, 9.17) is 24.4 Å². The molecule has 2 heterocycles. The zero-order chi connectivity index (χ0) is 24.6. The lowest BCUT2D eigenvalue weighted by Crippen LogP contribution is -2.62. The van der Waals surface area contributed by atoms with Gasteiger partial charge in [-0.25, -0.2) is 0 Å². The van der Waals surface area contributed by atoms with Crippen LogP contribution in [0.4, 0.5) is 17.8 Å². The van der Waals surface area contributed by atoms with Crippen LogP contribution in [0.15, 0.2) is 0 Å². The van der Waals surface area contributed by atoms with Gasteiger partial charge in [0.2, 0.25) is 17.8 Å². The number of aromatic nitrogens is 3. The summed E-state index contributed by atoms with van der Waals surface area (Å²) < 4.78 is 10.8. The molecule has 0 atom stereocenters. The summed E-state index contributed by atoms with van der Waals surface area (Å²) in [5.41, 5.74) is 0.0686. The monoisotopic (exact) mass is 465 g/mol. The average molecular weight is 466 g/mol. The van der Waals surface area contributed by atoms with Crippen LogP contribution < -0.4 is 20.0 Å². The molecule has 190 valence electrons. The standard InChI is InChI=1S/C24H47N7O2/c1-10-13-14-31(19-15-23(4,5)28-24(6,7)16-19)22-26-20(29(11-2)17-32-8)25-21(27-22)30(12-3)18-33-9/h19,28H,10-18H2,1-9H3. The van der Waals surface area contributed by atoms with Gasteiger partial charge in [-0.1, -0.05) is 13.3 Å². The van der Waals surface area contributed by atoms with Gasteiger partial charge < -0.3 is 29.5 Å². The molecule has 2 rings (SSSR count). The SMILES string of the molecule is CCCCN(c1nc(N(CC)COC)nc(N(CC)COC)n1)C1CC(C)(C)NC(C)(C)C1. The van der Waals surface area contributed by atoms with Crippen molar-refractivity contribution >= 4 is 17.8 Å². The van der Waals surface area contributed by atoms with Crippen LogP contribution in [-0.2, 0) is 9.47 Å². The van der Waals surface area contributed by atoms with Crippen molar-refractivity contribution in [1.82, 2.24) is 20.3 Å². The van der Waals surface area contributed by atoms with Gasteiger partial charge in [0, 0.05) is 51.0 Å². The number of hydrogen-bond donors (Lipinski definition) is 1. The third kappa shape index (κ3) is 7.65. The topological polar surface area (TPSA) is 78.9 Å². The number of unbranched alkanes of at least 4 members (excludes halogenated alkanes) is 1. The van der Waals surface area contributed by atoms with Crippen LogP contribution in [0.5, 0.6) is 0 Å². The normalized spacial score (nSPS) is 17.7. The molecule has 0 aliphatic carbocycles. The largest absolute Gasteiger partial charge is 0.364 e. The third-order valence-electron chi connectivity index (χ3n) is 6.12. The molecule has 1 aromatic heterocycles. The summed E-state index contributed by atoms with van der Waals surface area (Å²) in [5.74, 6) is 2.02. The Balaban J connectivity index is 2.57. The Morgan fingerprint density at radius 2 is 1.27 bits per heavy atom. The fraction of sp³-hybridized carbons (Fsp3) is 0.875. The van der Waals surface area contributed by atoms with Crippen molar-refractivity contribution in [2.45, 2.75) is 91.3 Å². The van der Waals surface area contributed by atoms with E-state index >= 15 is 0 Å². The first-order valence-corrected chi connectivity index (χ1v) is 12.4. The Labute approximate surface area is 201 Å². The van der Waals surface area contributed by atoms with Crippen LogP contribution in [0.25, 0.3) is 0 Å². The first-order chi connectivity index (χ1) is 15.6. The Morgan fingerprint density at radius 3 is 1.67 bits per heavy atom. The van der Waals surface area contributed by atoms with Crippen molar-refractivity contribution in [3.63, 3.8) is 0 Å². The molecule has 1 aliphatic heterocycles. The summed E-state index contributed by atoms with van der Waals surface area (Å²) >= 11 is 0. The Morgan fingerprint density at radius 1 is 0.818 bits per heavy atom. The van der Waals surface area contributed by atoms with Gasteiger partial charge in [-0.2, -0.15) is 15.0 Å². The quantitative estimate of drug-likeness (QED) is 0.439. The summed E-state index contributed by atoms with van der Waals surface area (Å²) in [7, 11) is 3.39. The average Bonchev–Trinajstić information content (AvgIpc) is 2.73. The van der Waals surface area contributed by atoms with E-state index in [2.05, 4.69) is 58.7 Å². The molecule has 0 saturated carbocycles. The number of anilines is 3. The second-order valence-corrected chi connectivity index (χ2v) is 10.3. The van der Waals surface area contributed by atoms with E-state index in [0.29, 0.717) is 31.4 Å². The van der Waals surface area contributed by atoms with Crippen molar-refractivity contribution in [2.24, 2.45) is 0 Å².